The molecule has 0 fully saturated rings. The van der Waals surface area contributed by atoms with Crippen LogP contribution in [0, 0.1) is 13.8 Å². The summed E-state index contributed by atoms with van der Waals surface area (Å²) >= 11 is 0. The average Bonchev–Trinajstić information content (AvgIpc) is 2.69. The number of hydrogen-bond donors (Lipinski definition) is 0. The van der Waals surface area contributed by atoms with Crippen LogP contribution in [0.1, 0.15) is 36.1 Å². The molecule has 1 aliphatic rings. The lowest BCUT2D eigenvalue weighted by Gasteiger charge is -2.24. The highest BCUT2D eigenvalue weighted by molar-refractivity contribution is 5.93. The minimum Gasteiger partial charge on any atom is -0.0616 e. The molecule has 0 aliphatic heterocycles. The third kappa shape index (κ3) is 1.56. The van der Waals surface area contributed by atoms with E-state index in [4.69, 9.17) is 0 Å². The smallest absolute Gasteiger partial charge is 0.0161 e. The lowest BCUT2D eigenvalue weighted by molar-refractivity contribution is 0.655. The Morgan fingerprint density at radius 3 is 2.14 bits per heavy atom. The normalized spacial score (nSPS) is 15.0. The van der Waals surface area contributed by atoms with E-state index in [1.165, 1.54) is 44.2 Å². The van der Waals surface area contributed by atoms with Crippen LogP contribution < -0.4 is 0 Å². The van der Waals surface area contributed by atoms with Crippen molar-refractivity contribution in [1.29, 1.82) is 0 Å². The maximum absolute atomic E-state index is 2.39. The van der Waals surface area contributed by atoms with E-state index in [1.54, 1.807) is 0 Å². The van der Waals surface area contributed by atoms with Gasteiger partial charge in [0, 0.05) is 5.41 Å². The van der Waals surface area contributed by atoms with Gasteiger partial charge in [0.1, 0.15) is 0 Å². The van der Waals surface area contributed by atoms with Gasteiger partial charge in [-0.05, 0) is 70.1 Å². The molecule has 1 aliphatic carbocycles. The second-order valence-corrected chi connectivity index (χ2v) is 6.80. The van der Waals surface area contributed by atoms with Crippen LogP contribution >= 0.6 is 0 Å². The minimum absolute atomic E-state index is 0.0881. The summed E-state index contributed by atoms with van der Waals surface area (Å²) in [4.78, 5) is 0. The zero-order valence-electron chi connectivity index (χ0n) is 13.1. The van der Waals surface area contributed by atoms with Gasteiger partial charge in [-0.2, -0.15) is 0 Å². The third-order valence-corrected chi connectivity index (χ3v) is 5.21. The average molecular weight is 272 g/mol. The molecule has 0 unspecified atom stereocenters. The largest absolute Gasteiger partial charge is 0.0616 e. The van der Waals surface area contributed by atoms with Crippen LogP contribution in [0.25, 0.3) is 21.9 Å². The highest BCUT2D eigenvalue weighted by atomic mass is 14.4. The van der Waals surface area contributed by atoms with Gasteiger partial charge in [-0.15, -0.1) is 0 Å². The van der Waals surface area contributed by atoms with Crippen LogP contribution in [0.4, 0.5) is 0 Å². The molecule has 0 radical (unpaired) electrons. The molecule has 21 heavy (non-hydrogen) atoms. The van der Waals surface area contributed by atoms with Gasteiger partial charge in [0.05, 0.1) is 0 Å². The van der Waals surface area contributed by atoms with Gasteiger partial charge in [-0.25, -0.2) is 0 Å². The van der Waals surface area contributed by atoms with Crippen LogP contribution in [0.15, 0.2) is 48.5 Å². The van der Waals surface area contributed by atoms with Gasteiger partial charge < -0.3 is 0 Å². The molecule has 0 bridgehead atoms. The first-order valence-electron chi connectivity index (χ1n) is 7.64. The molecule has 3 aromatic rings. The topological polar surface area (TPSA) is 0 Å². The molecule has 0 amide bonds. The maximum atomic E-state index is 2.39. The van der Waals surface area contributed by atoms with Crippen molar-refractivity contribution in [1.82, 2.24) is 0 Å². The van der Waals surface area contributed by atoms with Crippen LogP contribution in [-0.4, -0.2) is 0 Å². The molecule has 4 rings (SSSR count). The van der Waals surface area contributed by atoms with E-state index < -0.39 is 0 Å². The Kier molecular flexibility index (Phi) is 2.39. The Bertz CT molecular complexity index is 882. The maximum Gasteiger partial charge on any atom is 0.0161 e. The van der Waals surface area contributed by atoms with Crippen molar-refractivity contribution in [3.8, 4) is 11.1 Å². The number of rotatable bonds is 0. The Balaban J connectivity index is 2.15. The van der Waals surface area contributed by atoms with E-state index in [9.17, 15) is 0 Å². The highest BCUT2D eigenvalue weighted by Crippen LogP contribution is 2.51. The Labute approximate surface area is 126 Å². The van der Waals surface area contributed by atoms with Gasteiger partial charge in [0.25, 0.3) is 0 Å². The van der Waals surface area contributed by atoms with E-state index in [2.05, 4.69) is 76.2 Å². The van der Waals surface area contributed by atoms with Gasteiger partial charge >= 0.3 is 0 Å². The SMILES string of the molecule is Cc1ccc2c(c1C)C(C)(C)c1cc3ccccc3cc1-2. The van der Waals surface area contributed by atoms with Crippen LogP contribution in [-0.2, 0) is 5.41 Å². The van der Waals surface area contributed by atoms with E-state index in [-0.39, 0.29) is 5.41 Å². The van der Waals surface area contributed by atoms with Crippen molar-refractivity contribution in [2.45, 2.75) is 33.1 Å². The van der Waals surface area contributed by atoms with E-state index in [0.717, 1.165) is 0 Å². The van der Waals surface area contributed by atoms with Crippen molar-refractivity contribution < 1.29 is 0 Å². The Morgan fingerprint density at radius 1 is 0.762 bits per heavy atom. The zero-order chi connectivity index (χ0) is 14.8. The van der Waals surface area contributed by atoms with E-state index >= 15 is 0 Å². The first kappa shape index (κ1) is 12.6. The molecule has 0 aromatic heterocycles. The summed E-state index contributed by atoms with van der Waals surface area (Å²) in [5.74, 6) is 0. The van der Waals surface area contributed by atoms with Gasteiger partial charge in [0.2, 0.25) is 0 Å². The molecular formula is C21H20. The second kappa shape index (κ2) is 3.98. The van der Waals surface area contributed by atoms with Gasteiger partial charge in [0.15, 0.2) is 0 Å². The Morgan fingerprint density at radius 2 is 1.43 bits per heavy atom. The lowest BCUT2D eigenvalue weighted by atomic mass is 9.79. The molecule has 0 nitrogen and oxygen atoms in total. The monoisotopic (exact) mass is 272 g/mol. The summed E-state index contributed by atoms with van der Waals surface area (Å²) in [5, 5.41) is 2.67. The molecule has 0 heterocycles. The fourth-order valence-corrected chi connectivity index (χ4v) is 3.96. The van der Waals surface area contributed by atoms with Crippen LogP contribution in [0.2, 0.25) is 0 Å². The first-order chi connectivity index (χ1) is 10.00. The van der Waals surface area contributed by atoms with E-state index in [0.29, 0.717) is 0 Å². The van der Waals surface area contributed by atoms with Crippen molar-refractivity contribution in [2.24, 2.45) is 0 Å². The van der Waals surface area contributed by atoms with Gasteiger partial charge in [-0.1, -0.05) is 50.2 Å². The first-order valence-corrected chi connectivity index (χ1v) is 7.64. The molecule has 0 spiro atoms. The quantitative estimate of drug-likeness (QED) is 0.488. The van der Waals surface area contributed by atoms with Crippen LogP contribution in [0.3, 0.4) is 0 Å². The summed E-state index contributed by atoms with van der Waals surface area (Å²) in [6.45, 7) is 9.20. The molecular weight excluding hydrogens is 252 g/mol. The molecule has 0 N–H and O–H groups in total. The molecule has 0 saturated carbocycles. The zero-order valence-corrected chi connectivity index (χ0v) is 13.1. The summed E-state index contributed by atoms with van der Waals surface area (Å²) in [6, 6.07) is 18.0. The summed E-state index contributed by atoms with van der Waals surface area (Å²) in [5.41, 5.74) is 8.72. The summed E-state index contributed by atoms with van der Waals surface area (Å²) < 4.78 is 0. The minimum atomic E-state index is 0.0881. The molecule has 104 valence electrons. The number of benzene rings is 3. The summed E-state index contributed by atoms with van der Waals surface area (Å²) in [6.07, 6.45) is 0. The number of aryl methyl sites for hydroxylation is 1. The summed E-state index contributed by atoms with van der Waals surface area (Å²) in [7, 11) is 0. The third-order valence-electron chi connectivity index (χ3n) is 5.21. The van der Waals surface area contributed by atoms with E-state index in [1.807, 2.05) is 0 Å². The van der Waals surface area contributed by atoms with Crippen molar-refractivity contribution in [2.75, 3.05) is 0 Å². The van der Waals surface area contributed by atoms with Crippen LogP contribution in [0.5, 0.6) is 0 Å². The Hall–Kier alpha value is -2.08. The molecule has 0 saturated heterocycles. The van der Waals surface area contributed by atoms with Gasteiger partial charge in [-0.3, -0.25) is 0 Å². The molecule has 0 atom stereocenters. The second-order valence-electron chi connectivity index (χ2n) is 6.80. The van der Waals surface area contributed by atoms with Crippen molar-refractivity contribution in [3.63, 3.8) is 0 Å². The van der Waals surface area contributed by atoms with Crippen molar-refractivity contribution in [3.05, 3.63) is 70.8 Å². The molecule has 3 aromatic carbocycles. The lowest BCUT2D eigenvalue weighted by Crippen LogP contribution is -2.16. The standard InChI is InChI=1S/C21H20/c1-13-9-10-17-18-11-15-7-5-6-8-16(15)12-19(18)21(3,4)20(17)14(13)2/h5-12H,1-4H3. The van der Waals surface area contributed by atoms with Crippen molar-refractivity contribution >= 4 is 10.8 Å². The predicted molar refractivity (Wildman–Crippen MR) is 91.0 cm³/mol. The highest BCUT2D eigenvalue weighted by Gasteiger charge is 2.37. The fourth-order valence-electron chi connectivity index (χ4n) is 3.96. The fraction of sp³-hybridized carbons (Fsp3) is 0.238. The molecule has 0 heteroatoms. The predicted octanol–water partition coefficient (Wildman–Crippen LogP) is 5.76. The number of fused-ring (bicyclic) bond motifs is 4. The number of hydrogen-bond acceptors (Lipinski definition) is 0.